The molecule has 4 heteroatoms. The first-order valence-corrected chi connectivity index (χ1v) is 3.48. The zero-order valence-electron chi connectivity index (χ0n) is 6.50. The summed E-state index contributed by atoms with van der Waals surface area (Å²) in [5.74, 6) is 0. The van der Waals surface area contributed by atoms with Crippen LogP contribution in [0.3, 0.4) is 0 Å². The standard InChI is InChI=1S/C5H6O.C3H3N3/c1-2-4-6-5-3-1;1-4-2-6-3-5-1/h1-4H,5H2;1-3H. The predicted molar refractivity (Wildman–Crippen MR) is 44.1 cm³/mol. The molecule has 1 aliphatic rings. The smallest absolute Gasteiger partial charge is 0.119 e. The summed E-state index contributed by atoms with van der Waals surface area (Å²) in [6.45, 7) is 0.733. The van der Waals surface area contributed by atoms with Crippen molar-refractivity contribution >= 4 is 0 Å². The van der Waals surface area contributed by atoms with Crippen LogP contribution in [0.2, 0.25) is 0 Å². The van der Waals surface area contributed by atoms with Crippen LogP contribution in [-0.4, -0.2) is 21.6 Å². The van der Waals surface area contributed by atoms with Crippen LogP contribution >= 0.6 is 0 Å². The van der Waals surface area contributed by atoms with E-state index in [2.05, 4.69) is 15.0 Å². The van der Waals surface area contributed by atoms with Gasteiger partial charge in [0.25, 0.3) is 0 Å². The molecule has 0 spiro atoms. The molecule has 0 atom stereocenters. The highest BCUT2D eigenvalue weighted by molar-refractivity contribution is 5.02. The molecule has 0 saturated heterocycles. The zero-order chi connectivity index (χ0) is 8.49. The van der Waals surface area contributed by atoms with E-state index in [0.29, 0.717) is 0 Å². The third kappa shape index (κ3) is 4.16. The number of hydrogen-bond acceptors (Lipinski definition) is 4. The largest absolute Gasteiger partial charge is 0.497 e. The molecule has 1 aromatic heterocycles. The van der Waals surface area contributed by atoms with Crippen LogP contribution in [-0.2, 0) is 4.74 Å². The van der Waals surface area contributed by atoms with Gasteiger partial charge in [-0.3, -0.25) is 0 Å². The van der Waals surface area contributed by atoms with Crippen molar-refractivity contribution in [2.45, 2.75) is 0 Å². The fourth-order valence-electron chi connectivity index (χ4n) is 0.551. The Labute approximate surface area is 70.6 Å². The first-order chi connectivity index (χ1) is 6.00. The molecule has 12 heavy (non-hydrogen) atoms. The lowest BCUT2D eigenvalue weighted by Gasteiger charge is -1.94. The summed E-state index contributed by atoms with van der Waals surface area (Å²) in [6.07, 6.45) is 11.8. The Bertz CT molecular complexity index is 207. The molecule has 1 aromatic rings. The normalized spacial score (nSPS) is 12.7. The molecule has 0 saturated carbocycles. The van der Waals surface area contributed by atoms with Gasteiger partial charge in [-0.25, -0.2) is 15.0 Å². The van der Waals surface area contributed by atoms with Crippen LogP contribution in [0.15, 0.2) is 43.5 Å². The molecule has 2 heterocycles. The van der Waals surface area contributed by atoms with Crippen molar-refractivity contribution in [1.29, 1.82) is 0 Å². The molecule has 0 unspecified atom stereocenters. The summed E-state index contributed by atoms with van der Waals surface area (Å²) < 4.78 is 4.80. The lowest BCUT2D eigenvalue weighted by Crippen LogP contribution is -1.82. The van der Waals surface area contributed by atoms with Gasteiger partial charge in [-0.05, 0) is 12.2 Å². The van der Waals surface area contributed by atoms with Crippen LogP contribution in [0.4, 0.5) is 0 Å². The molecule has 0 N–H and O–H groups in total. The van der Waals surface area contributed by atoms with Crippen LogP contribution in [0, 0.1) is 0 Å². The fraction of sp³-hybridized carbons (Fsp3) is 0.125. The number of nitrogens with zero attached hydrogens (tertiary/aromatic N) is 3. The van der Waals surface area contributed by atoms with E-state index in [1.807, 2.05) is 18.2 Å². The topological polar surface area (TPSA) is 47.9 Å². The quantitative estimate of drug-likeness (QED) is 0.571. The van der Waals surface area contributed by atoms with Gasteiger partial charge in [0.1, 0.15) is 25.6 Å². The van der Waals surface area contributed by atoms with E-state index in [1.54, 1.807) is 6.26 Å². The van der Waals surface area contributed by atoms with E-state index >= 15 is 0 Å². The third-order valence-electron chi connectivity index (χ3n) is 1.01. The Morgan fingerprint density at radius 2 is 1.58 bits per heavy atom. The van der Waals surface area contributed by atoms with Gasteiger partial charge in [-0.15, -0.1) is 0 Å². The summed E-state index contributed by atoms with van der Waals surface area (Å²) >= 11 is 0. The number of hydrogen-bond donors (Lipinski definition) is 0. The van der Waals surface area contributed by atoms with E-state index in [-0.39, 0.29) is 0 Å². The van der Waals surface area contributed by atoms with E-state index in [0.717, 1.165) is 6.61 Å². The molecule has 0 bridgehead atoms. The summed E-state index contributed by atoms with van der Waals surface area (Å²) in [5, 5.41) is 0. The van der Waals surface area contributed by atoms with Gasteiger partial charge in [-0.1, -0.05) is 6.08 Å². The van der Waals surface area contributed by atoms with Crippen LogP contribution in [0.5, 0.6) is 0 Å². The average molecular weight is 163 g/mol. The molecule has 0 fully saturated rings. The number of rotatable bonds is 0. The lowest BCUT2D eigenvalue weighted by atomic mass is 10.5. The molecule has 0 aromatic carbocycles. The molecular weight excluding hydrogens is 154 g/mol. The second-order valence-corrected chi connectivity index (χ2v) is 1.88. The highest BCUT2D eigenvalue weighted by atomic mass is 16.5. The molecule has 62 valence electrons. The Morgan fingerprint density at radius 1 is 0.917 bits per heavy atom. The van der Waals surface area contributed by atoms with E-state index < -0.39 is 0 Å². The van der Waals surface area contributed by atoms with Gasteiger partial charge in [0.15, 0.2) is 0 Å². The minimum atomic E-state index is 0.733. The van der Waals surface area contributed by atoms with Crippen LogP contribution in [0.1, 0.15) is 0 Å². The predicted octanol–water partition coefficient (Wildman–Crippen LogP) is 0.958. The van der Waals surface area contributed by atoms with Crippen LogP contribution in [0.25, 0.3) is 0 Å². The SMILES string of the molecule is C1=CCOC=C1.c1ncncn1. The van der Waals surface area contributed by atoms with E-state index in [4.69, 9.17) is 4.74 Å². The minimum absolute atomic E-state index is 0.733. The molecular formula is C8H9N3O. The highest BCUT2D eigenvalue weighted by Gasteiger charge is 1.75. The first-order valence-electron chi connectivity index (χ1n) is 3.48. The summed E-state index contributed by atoms with van der Waals surface area (Å²) in [7, 11) is 0. The van der Waals surface area contributed by atoms with Gasteiger partial charge in [-0.2, -0.15) is 0 Å². The maximum absolute atomic E-state index is 4.80. The second-order valence-electron chi connectivity index (χ2n) is 1.88. The monoisotopic (exact) mass is 163 g/mol. The fourth-order valence-corrected chi connectivity index (χ4v) is 0.551. The van der Waals surface area contributed by atoms with Crippen molar-refractivity contribution in [3.05, 3.63) is 43.5 Å². The Morgan fingerprint density at radius 3 is 1.75 bits per heavy atom. The highest BCUT2D eigenvalue weighted by Crippen LogP contribution is 1.87. The van der Waals surface area contributed by atoms with Gasteiger partial charge in [0, 0.05) is 0 Å². The minimum Gasteiger partial charge on any atom is -0.497 e. The zero-order valence-corrected chi connectivity index (χ0v) is 6.50. The van der Waals surface area contributed by atoms with Gasteiger partial charge >= 0.3 is 0 Å². The maximum Gasteiger partial charge on any atom is 0.119 e. The van der Waals surface area contributed by atoms with Crippen LogP contribution < -0.4 is 0 Å². The summed E-state index contributed by atoms with van der Waals surface area (Å²) in [6, 6.07) is 0. The number of aromatic nitrogens is 3. The van der Waals surface area contributed by atoms with Crippen molar-refractivity contribution in [3.8, 4) is 0 Å². The van der Waals surface area contributed by atoms with E-state index in [9.17, 15) is 0 Å². The lowest BCUT2D eigenvalue weighted by molar-refractivity contribution is 0.286. The molecule has 1 aliphatic heterocycles. The molecule has 0 amide bonds. The van der Waals surface area contributed by atoms with Crippen molar-refractivity contribution in [2.24, 2.45) is 0 Å². The van der Waals surface area contributed by atoms with Gasteiger partial charge in [0.05, 0.1) is 6.26 Å². The molecule has 4 nitrogen and oxygen atoms in total. The van der Waals surface area contributed by atoms with Crippen molar-refractivity contribution in [3.63, 3.8) is 0 Å². The summed E-state index contributed by atoms with van der Waals surface area (Å²) in [5.41, 5.74) is 0. The van der Waals surface area contributed by atoms with Gasteiger partial charge < -0.3 is 4.74 Å². The Balaban J connectivity index is 0.000000120. The average Bonchev–Trinajstić information content (AvgIpc) is 2.24. The number of allylic oxidation sites excluding steroid dienone is 2. The van der Waals surface area contributed by atoms with Crippen molar-refractivity contribution in [1.82, 2.24) is 15.0 Å². The Hall–Kier alpha value is -1.71. The molecule has 2 rings (SSSR count). The first kappa shape index (κ1) is 8.39. The molecule has 0 radical (unpaired) electrons. The second kappa shape index (κ2) is 6.03. The van der Waals surface area contributed by atoms with Crippen molar-refractivity contribution < 1.29 is 4.74 Å². The van der Waals surface area contributed by atoms with E-state index in [1.165, 1.54) is 19.0 Å². The summed E-state index contributed by atoms with van der Waals surface area (Å²) in [4.78, 5) is 10.7. The van der Waals surface area contributed by atoms with Crippen molar-refractivity contribution in [2.75, 3.05) is 6.61 Å². The third-order valence-corrected chi connectivity index (χ3v) is 1.01. The molecule has 0 aliphatic carbocycles. The Kier molecular flexibility index (Phi) is 4.21. The number of ether oxygens (including phenoxy) is 1. The van der Waals surface area contributed by atoms with Gasteiger partial charge in [0.2, 0.25) is 0 Å². The maximum atomic E-state index is 4.80.